The van der Waals surface area contributed by atoms with E-state index in [-0.39, 0.29) is 0 Å². The molecule has 0 heterocycles. The molecule has 0 nitrogen and oxygen atoms in total. The summed E-state index contributed by atoms with van der Waals surface area (Å²) < 4.78 is 2.31. The second kappa shape index (κ2) is 5.46. The predicted octanol–water partition coefficient (Wildman–Crippen LogP) is 6.25. The van der Waals surface area contributed by atoms with Gasteiger partial charge in [-0.05, 0) is 0 Å². The molecule has 0 bridgehead atoms. The summed E-state index contributed by atoms with van der Waals surface area (Å²) in [5.74, 6) is 0. The Morgan fingerprint density at radius 3 is 0.500 bits per heavy atom. The van der Waals surface area contributed by atoms with Gasteiger partial charge >= 0.3 is 124 Å². The van der Waals surface area contributed by atoms with Crippen LogP contribution in [0.5, 0.6) is 0 Å². The van der Waals surface area contributed by atoms with Crippen LogP contribution in [0.25, 0.3) is 0 Å². The molecule has 0 unspecified atom stereocenters. The Bertz CT molecular complexity index is 256. The van der Waals surface area contributed by atoms with Crippen molar-refractivity contribution in [1.82, 2.24) is 0 Å². The molecule has 2 heteroatoms. The molecule has 0 aliphatic rings. The molecule has 18 heavy (non-hydrogen) atoms. The third-order valence-corrected chi connectivity index (χ3v) is 55.0. The Hall–Kier alpha value is 1.09. The molecule has 0 saturated heterocycles. The van der Waals surface area contributed by atoms with Crippen LogP contribution in [0.15, 0.2) is 0 Å². The molecule has 0 rings (SSSR count). The van der Waals surface area contributed by atoms with E-state index in [1.54, 1.807) is 0 Å². The van der Waals surface area contributed by atoms with Crippen molar-refractivity contribution >= 4 is 23.7 Å². The Morgan fingerprint density at radius 2 is 0.444 bits per heavy atom. The van der Waals surface area contributed by atoms with Crippen LogP contribution < -0.4 is 0 Å². The molecule has 0 N–H and O–H groups in total. The van der Waals surface area contributed by atoms with E-state index in [0.717, 1.165) is 0 Å². The molecular formula is C16H36Ge2. The van der Waals surface area contributed by atoms with Crippen LogP contribution in [-0.4, -0.2) is 23.7 Å². The molecule has 0 aliphatic carbocycles. The van der Waals surface area contributed by atoms with Gasteiger partial charge in [-0.1, -0.05) is 0 Å². The molecule has 0 aliphatic heterocycles. The van der Waals surface area contributed by atoms with Crippen molar-refractivity contribution in [1.29, 1.82) is 0 Å². The van der Waals surface area contributed by atoms with Gasteiger partial charge in [0.25, 0.3) is 0 Å². The van der Waals surface area contributed by atoms with Gasteiger partial charge in [-0.15, -0.1) is 0 Å². The zero-order valence-electron chi connectivity index (χ0n) is 15.0. The monoisotopic (exact) mass is 376 g/mol. The van der Waals surface area contributed by atoms with Gasteiger partial charge in [0, 0.05) is 0 Å². The quantitative estimate of drug-likeness (QED) is 0.440. The third-order valence-electron chi connectivity index (χ3n) is 3.25. The summed E-state index contributed by atoms with van der Waals surface area (Å²) in [4.78, 5) is 0. The molecule has 0 atom stereocenters. The van der Waals surface area contributed by atoms with Gasteiger partial charge in [-0.3, -0.25) is 0 Å². The number of hydrogen-bond acceptors (Lipinski definition) is 0. The van der Waals surface area contributed by atoms with E-state index in [4.69, 9.17) is 0 Å². The van der Waals surface area contributed by atoms with Crippen molar-refractivity contribution in [2.24, 2.45) is 0 Å². The molecule has 0 radical (unpaired) electrons. The van der Waals surface area contributed by atoms with Crippen LogP contribution in [0.3, 0.4) is 0 Å². The van der Waals surface area contributed by atoms with E-state index in [0.29, 0.717) is 17.0 Å². The van der Waals surface area contributed by atoms with Gasteiger partial charge in [0.1, 0.15) is 0 Å². The van der Waals surface area contributed by atoms with E-state index < -0.39 is 23.7 Å². The van der Waals surface area contributed by atoms with Crippen LogP contribution in [0.1, 0.15) is 83.1 Å². The van der Waals surface area contributed by atoms with Crippen LogP contribution in [0.2, 0.25) is 17.0 Å². The molecule has 0 fully saturated rings. The van der Waals surface area contributed by atoms with Crippen LogP contribution in [0.4, 0.5) is 0 Å². The van der Waals surface area contributed by atoms with E-state index in [2.05, 4.69) is 83.1 Å². The minimum atomic E-state index is -1.14. The first-order valence-corrected chi connectivity index (χ1v) is 17.9. The Labute approximate surface area is 123 Å². The normalized spacial score (nSPS) is 14.7. The zero-order chi connectivity index (χ0) is 15.2. The van der Waals surface area contributed by atoms with Crippen molar-refractivity contribution in [3.63, 3.8) is 0 Å². The fraction of sp³-hybridized carbons (Fsp3) is 1.00. The van der Waals surface area contributed by atoms with Gasteiger partial charge in [-0.25, -0.2) is 0 Å². The maximum absolute atomic E-state index is 2.53. The topological polar surface area (TPSA) is 0 Å². The fourth-order valence-electron chi connectivity index (χ4n) is 3.75. The molecular weight excluding hydrogens is 337 g/mol. The van der Waals surface area contributed by atoms with Crippen LogP contribution in [-0.2, 0) is 0 Å². The Kier molecular flexibility index (Phi) is 5.79. The van der Waals surface area contributed by atoms with Crippen molar-refractivity contribution in [3.05, 3.63) is 0 Å². The van der Waals surface area contributed by atoms with Crippen molar-refractivity contribution < 1.29 is 0 Å². The summed E-state index contributed by atoms with van der Waals surface area (Å²) in [7, 11) is 0. The SMILES string of the molecule is C[C](C)(C)[Ge](=[Ge]([C](C)(C)C)[C](C)(C)C)[C](C)(C)C. The van der Waals surface area contributed by atoms with Gasteiger partial charge < -0.3 is 0 Å². The van der Waals surface area contributed by atoms with Gasteiger partial charge in [0.2, 0.25) is 0 Å². The standard InChI is InChI=1S/C16H36Ge2/c1-13(2,3)17(14(4,5)6)18(15(7,8)9)16(10,11)12/h1-12H3. The zero-order valence-corrected chi connectivity index (χ0v) is 19.2. The van der Waals surface area contributed by atoms with Crippen LogP contribution in [0, 0.1) is 0 Å². The summed E-state index contributed by atoms with van der Waals surface area (Å²) in [6.45, 7) is 30.3. The Balaban J connectivity index is 6.44. The second-order valence-corrected chi connectivity index (χ2v) is 36.4. The van der Waals surface area contributed by atoms with Crippen molar-refractivity contribution in [2.45, 2.75) is 100 Å². The van der Waals surface area contributed by atoms with Gasteiger partial charge in [0.05, 0.1) is 0 Å². The molecule has 0 amide bonds. The third kappa shape index (κ3) is 5.23. The van der Waals surface area contributed by atoms with Gasteiger partial charge in [-0.2, -0.15) is 0 Å². The second-order valence-electron chi connectivity index (χ2n) is 9.75. The molecule has 108 valence electrons. The van der Waals surface area contributed by atoms with Crippen molar-refractivity contribution in [3.8, 4) is 0 Å². The first-order chi connectivity index (χ1) is 7.49. The average molecular weight is 374 g/mol. The minimum absolute atomic E-state index is 0.578. The molecule has 0 aromatic rings. The number of hydrogen-bond donors (Lipinski definition) is 0. The first-order valence-electron chi connectivity index (χ1n) is 7.25. The molecule has 0 saturated carbocycles. The molecule has 0 aromatic carbocycles. The van der Waals surface area contributed by atoms with E-state index in [1.165, 1.54) is 0 Å². The van der Waals surface area contributed by atoms with Crippen molar-refractivity contribution in [2.75, 3.05) is 0 Å². The Morgan fingerprint density at radius 1 is 0.333 bits per heavy atom. The summed E-state index contributed by atoms with van der Waals surface area (Å²) in [6, 6.07) is 0. The first kappa shape index (κ1) is 19.1. The fourth-order valence-corrected chi connectivity index (χ4v) is 52.2. The number of rotatable bonds is 0. The van der Waals surface area contributed by atoms with E-state index >= 15 is 0 Å². The summed E-state index contributed by atoms with van der Waals surface area (Å²) in [6.07, 6.45) is 0. The maximum atomic E-state index is 2.53. The molecule has 0 aromatic heterocycles. The van der Waals surface area contributed by atoms with Gasteiger partial charge in [0.15, 0.2) is 0 Å². The summed E-state index contributed by atoms with van der Waals surface area (Å²) >= 11 is -2.29. The van der Waals surface area contributed by atoms with E-state index in [1.807, 2.05) is 0 Å². The summed E-state index contributed by atoms with van der Waals surface area (Å²) in [5, 5.41) is 0. The molecule has 0 spiro atoms. The predicted molar refractivity (Wildman–Crippen MR) is 90.4 cm³/mol. The summed E-state index contributed by atoms with van der Waals surface area (Å²) in [5.41, 5.74) is 0. The van der Waals surface area contributed by atoms with Crippen LogP contribution >= 0.6 is 0 Å². The average Bonchev–Trinajstić information content (AvgIpc) is 1.89. The van der Waals surface area contributed by atoms with E-state index in [9.17, 15) is 0 Å².